The van der Waals surface area contributed by atoms with Gasteiger partial charge in [-0.25, -0.2) is 18.6 Å². The zero-order valence-electron chi connectivity index (χ0n) is 32.2. The number of alkyl carbamates (subject to hydrolysis) is 1. The van der Waals surface area contributed by atoms with E-state index in [0.717, 1.165) is 97.9 Å². The molecule has 1 unspecified atom stereocenters. The number of fused-ring (bicyclic) bond motifs is 6. The third-order valence-corrected chi connectivity index (χ3v) is 12.7. The Morgan fingerprint density at radius 3 is 1.85 bits per heavy atom. The molecule has 7 heterocycles. The average molecular weight is 771 g/mol. The Labute approximate surface area is 327 Å². The standard InChI is InChI=1S/C24H28FNO2.C20H24FN3O2S/c1-24(2,15-23(27)28-22-16-26-12-10-18(22)11-13-26)20-5-3-4-19(14-20)17-6-8-21(25)9-7-17;1-20(2,17-12-27-18(22-17)14-3-5-15(21)6-4-14)23-19(25)26-16-11-24-9-7-13(16)8-10-24/h3-9,14,18,22H,10-13,15-16H2,1-2H3;3-6,12-13,16H,7-11H2,1-2H3,(H,23,25)/t;16-/m.1/s1. The lowest BCUT2D eigenvalue weighted by Gasteiger charge is -2.44. The second kappa shape index (κ2) is 16.5. The fourth-order valence-corrected chi connectivity index (χ4v) is 9.29. The zero-order chi connectivity index (χ0) is 38.7. The van der Waals surface area contributed by atoms with Gasteiger partial charge in [0.2, 0.25) is 0 Å². The van der Waals surface area contributed by atoms with Crippen LogP contribution in [0, 0.1) is 23.5 Å². The first-order chi connectivity index (χ1) is 26.3. The van der Waals surface area contributed by atoms with Crippen LogP contribution in [-0.2, 0) is 25.2 Å². The van der Waals surface area contributed by atoms with Crippen molar-refractivity contribution in [2.45, 2.75) is 83.0 Å². The quantitative estimate of drug-likeness (QED) is 0.171. The van der Waals surface area contributed by atoms with Crippen molar-refractivity contribution in [3.63, 3.8) is 0 Å². The molecule has 292 valence electrons. The molecule has 4 aromatic rings. The largest absolute Gasteiger partial charge is 0.461 e. The van der Waals surface area contributed by atoms with Crippen molar-refractivity contribution in [3.8, 4) is 21.7 Å². The summed E-state index contributed by atoms with van der Waals surface area (Å²) in [5.41, 5.74) is 3.71. The van der Waals surface area contributed by atoms with Gasteiger partial charge in [0.25, 0.3) is 0 Å². The first kappa shape index (κ1) is 39.1. The van der Waals surface area contributed by atoms with E-state index >= 15 is 0 Å². The van der Waals surface area contributed by atoms with Crippen LogP contribution in [0.2, 0.25) is 0 Å². The second-order valence-electron chi connectivity index (χ2n) is 16.7. The van der Waals surface area contributed by atoms with Gasteiger partial charge in [-0.1, -0.05) is 50.2 Å². The molecule has 0 radical (unpaired) electrons. The molecule has 55 heavy (non-hydrogen) atoms. The minimum absolute atomic E-state index is 0.0199. The number of nitrogens with zero attached hydrogens (tertiary/aromatic N) is 3. The number of rotatable bonds is 9. The van der Waals surface area contributed by atoms with Crippen LogP contribution in [0.5, 0.6) is 0 Å². The van der Waals surface area contributed by atoms with E-state index in [1.54, 1.807) is 24.3 Å². The number of carbonyl (C=O) groups excluding carboxylic acids is 2. The normalized spacial score (nSPS) is 24.4. The van der Waals surface area contributed by atoms with Crippen LogP contribution >= 0.6 is 11.3 Å². The summed E-state index contributed by atoms with van der Waals surface area (Å²) in [7, 11) is 0. The fraction of sp³-hybridized carbons (Fsp3) is 0.477. The Morgan fingerprint density at radius 1 is 0.764 bits per heavy atom. The third kappa shape index (κ3) is 9.62. The van der Waals surface area contributed by atoms with Crippen molar-refractivity contribution in [2.75, 3.05) is 39.3 Å². The SMILES string of the molecule is CC(C)(CC(=O)OC1CN2CCC1CC2)c1cccc(-c2ccc(F)cc2)c1.CC(C)(NC(=O)O[C@@H]1CN2CCC1CC2)c1csc(-c2ccc(F)cc2)n1. The van der Waals surface area contributed by atoms with Crippen LogP contribution in [-0.4, -0.2) is 78.3 Å². The van der Waals surface area contributed by atoms with Gasteiger partial charge in [-0.2, -0.15) is 0 Å². The predicted octanol–water partition coefficient (Wildman–Crippen LogP) is 8.80. The van der Waals surface area contributed by atoms with Crippen molar-refractivity contribution in [3.05, 3.63) is 101 Å². The molecule has 4 bridgehead atoms. The molecule has 1 aromatic heterocycles. The maximum absolute atomic E-state index is 13.2. The predicted molar refractivity (Wildman–Crippen MR) is 212 cm³/mol. The zero-order valence-corrected chi connectivity index (χ0v) is 33.0. The maximum Gasteiger partial charge on any atom is 0.408 e. The molecule has 0 saturated carbocycles. The highest BCUT2D eigenvalue weighted by molar-refractivity contribution is 7.13. The van der Waals surface area contributed by atoms with Crippen LogP contribution in [0.1, 0.15) is 71.1 Å². The number of amides is 1. The number of nitrogens with one attached hydrogen (secondary N) is 1. The number of hydrogen-bond acceptors (Lipinski definition) is 8. The van der Waals surface area contributed by atoms with E-state index in [-0.39, 0.29) is 35.2 Å². The third-order valence-electron chi connectivity index (χ3n) is 11.8. The number of aromatic nitrogens is 1. The van der Waals surface area contributed by atoms with E-state index in [1.807, 2.05) is 31.4 Å². The molecule has 3 aromatic carbocycles. The number of halogens is 2. The number of carbonyl (C=O) groups is 2. The highest BCUT2D eigenvalue weighted by Gasteiger charge is 2.39. The number of thiazole rings is 1. The van der Waals surface area contributed by atoms with E-state index < -0.39 is 11.6 Å². The highest BCUT2D eigenvalue weighted by Crippen LogP contribution is 2.35. The number of hydrogen-bond donors (Lipinski definition) is 1. The smallest absolute Gasteiger partial charge is 0.408 e. The number of esters is 1. The first-order valence-corrected chi connectivity index (χ1v) is 20.4. The average Bonchev–Trinajstić information content (AvgIpc) is 3.68. The van der Waals surface area contributed by atoms with Gasteiger partial charge in [0.15, 0.2) is 0 Å². The Hall–Kier alpha value is -4.19. The summed E-state index contributed by atoms with van der Waals surface area (Å²) in [6.45, 7) is 14.2. The van der Waals surface area contributed by atoms with Crippen LogP contribution < -0.4 is 5.32 Å². The van der Waals surface area contributed by atoms with Gasteiger partial charge in [0.05, 0.1) is 17.7 Å². The molecule has 10 rings (SSSR count). The minimum atomic E-state index is -0.653. The molecule has 1 amide bonds. The Morgan fingerprint density at radius 2 is 1.31 bits per heavy atom. The fourth-order valence-electron chi connectivity index (χ4n) is 8.30. The lowest BCUT2D eigenvalue weighted by atomic mass is 9.80. The van der Waals surface area contributed by atoms with E-state index in [2.05, 4.69) is 46.1 Å². The van der Waals surface area contributed by atoms with Crippen LogP contribution in [0.3, 0.4) is 0 Å². The molecule has 6 aliphatic rings. The summed E-state index contributed by atoms with van der Waals surface area (Å²) in [5.74, 6) is 0.381. The topological polar surface area (TPSA) is 84.0 Å². The van der Waals surface area contributed by atoms with Crippen molar-refractivity contribution in [2.24, 2.45) is 11.8 Å². The molecule has 8 nitrogen and oxygen atoms in total. The molecule has 0 spiro atoms. The number of piperidine rings is 6. The van der Waals surface area contributed by atoms with Gasteiger partial charge in [-0.05, 0) is 131 Å². The van der Waals surface area contributed by atoms with E-state index in [4.69, 9.17) is 9.47 Å². The summed E-state index contributed by atoms with van der Waals surface area (Å²) in [6, 6.07) is 20.9. The lowest BCUT2D eigenvalue weighted by molar-refractivity contribution is -0.160. The summed E-state index contributed by atoms with van der Waals surface area (Å²) in [5, 5.41) is 5.68. The van der Waals surface area contributed by atoms with Crippen LogP contribution in [0.15, 0.2) is 78.2 Å². The van der Waals surface area contributed by atoms with Crippen LogP contribution in [0.25, 0.3) is 21.7 Å². The molecule has 6 aliphatic heterocycles. The van der Waals surface area contributed by atoms with E-state index in [9.17, 15) is 18.4 Å². The highest BCUT2D eigenvalue weighted by atomic mass is 32.1. The van der Waals surface area contributed by atoms with Gasteiger partial charge < -0.3 is 14.8 Å². The monoisotopic (exact) mass is 770 g/mol. The Balaban J connectivity index is 0.000000169. The van der Waals surface area contributed by atoms with Crippen molar-refractivity contribution >= 4 is 23.4 Å². The Kier molecular flexibility index (Phi) is 11.7. The molecule has 0 aliphatic carbocycles. The molecule has 11 heteroatoms. The van der Waals surface area contributed by atoms with Gasteiger partial charge in [-0.15, -0.1) is 11.3 Å². The van der Waals surface area contributed by atoms with Crippen molar-refractivity contribution < 1.29 is 27.8 Å². The summed E-state index contributed by atoms with van der Waals surface area (Å²) in [6.07, 6.45) is 4.48. The number of benzene rings is 3. The van der Waals surface area contributed by atoms with E-state index in [0.29, 0.717) is 18.3 Å². The van der Waals surface area contributed by atoms with Gasteiger partial charge >= 0.3 is 12.1 Å². The van der Waals surface area contributed by atoms with E-state index in [1.165, 1.54) is 35.6 Å². The summed E-state index contributed by atoms with van der Waals surface area (Å²) < 4.78 is 37.9. The number of ether oxygens (including phenoxy) is 2. The second-order valence-corrected chi connectivity index (χ2v) is 17.5. The van der Waals surface area contributed by atoms with Crippen molar-refractivity contribution in [1.82, 2.24) is 20.1 Å². The molecular formula is C44H52F2N4O4S. The molecule has 2 atom stereocenters. The van der Waals surface area contributed by atoms with Gasteiger partial charge in [0, 0.05) is 29.4 Å². The molecule has 6 fully saturated rings. The maximum atomic E-state index is 13.2. The van der Waals surface area contributed by atoms with Crippen LogP contribution in [0.4, 0.5) is 13.6 Å². The van der Waals surface area contributed by atoms with Gasteiger partial charge in [0.1, 0.15) is 28.8 Å². The first-order valence-electron chi connectivity index (χ1n) is 19.5. The van der Waals surface area contributed by atoms with Gasteiger partial charge in [-0.3, -0.25) is 14.6 Å². The lowest BCUT2D eigenvalue weighted by Crippen LogP contribution is -2.53. The summed E-state index contributed by atoms with van der Waals surface area (Å²) >= 11 is 1.48. The Bertz CT molecular complexity index is 1930. The summed E-state index contributed by atoms with van der Waals surface area (Å²) in [4.78, 5) is 34.6. The molecule has 6 saturated heterocycles. The van der Waals surface area contributed by atoms with Crippen molar-refractivity contribution in [1.29, 1.82) is 0 Å². The minimum Gasteiger partial charge on any atom is -0.461 e. The molecular weight excluding hydrogens is 719 g/mol. The molecule has 1 N–H and O–H groups in total.